The number of benzene rings is 1. The molecule has 0 spiro atoms. The molecule has 0 heterocycles. The molecule has 0 aliphatic rings. The molecule has 1 N–H and O–H groups in total. The molecule has 0 bridgehead atoms. The molecule has 0 aromatic heterocycles. The van der Waals surface area contributed by atoms with Gasteiger partial charge in [-0.3, -0.25) is 10.1 Å². The van der Waals surface area contributed by atoms with Crippen LogP contribution in [-0.4, -0.2) is 40.3 Å². The normalized spacial score (nSPS) is 10.9. The zero-order valence-electron chi connectivity index (χ0n) is 11.3. The topological polar surface area (TPSA) is 66.6 Å². The van der Waals surface area contributed by atoms with E-state index < -0.39 is 0 Å². The average Bonchev–Trinajstić information content (AvgIpc) is 2.43. The van der Waals surface area contributed by atoms with Crippen LogP contribution in [0, 0.1) is 10.1 Å². The van der Waals surface area contributed by atoms with Crippen LogP contribution < -0.4 is 0 Å². The highest BCUT2D eigenvalue weighted by Crippen LogP contribution is 2.30. The van der Waals surface area contributed by atoms with Crippen LogP contribution in [0.2, 0.25) is 0 Å². The van der Waals surface area contributed by atoms with Gasteiger partial charge >= 0.3 is 0 Å². The van der Waals surface area contributed by atoms with E-state index in [1.165, 1.54) is 17.8 Å². The lowest BCUT2D eigenvalue weighted by molar-refractivity contribution is -0.387. The van der Waals surface area contributed by atoms with Gasteiger partial charge in [0.15, 0.2) is 0 Å². The number of aliphatic hydroxyl groups excluding tert-OH is 1. The van der Waals surface area contributed by atoms with E-state index in [1.807, 2.05) is 0 Å². The highest BCUT2D eigenvalue weighted by molar-refractivity contribution is 7.99. The summed E-state index contributed by atoms with van der Waals surface area (Å²) in [5.74, 6) is 0.820. The summed E-state index contributed by atoms with van der Waals surface area (Å²) in [7, 11) is 0. The van der Waals surface area contributed by atoms with Crippen molar-refractivity contribution in [1.29, 1.82) is 0 Å². The Morgan fingerprint density at radius 1 is 1.37 bits per heavy atom. The van der Waals surface area contributed by atoms with Gasteiger partial charge in [0.2, 0.25) is 0 Å². The molecular formula is C13H20N2O3S. The van der Waals surface area contributed by atoms with Gasteiger partial charge in [-0.05, 0) is 24.7 Å². The molecule has 0 unspecified atom stereocenters. The van der Waals surface area contributed by atoms with Crippen LogP contribution in [0.4, 0.5) is 5.69 Å². The summed E-state index contributed by atoms with van der Waals surface area (Å²) < 4.78 is 0. The number of rotatable bonds is 8. The Hall–Kier alpha value is -1.11. The van der Waals surface area contributed by atoms with Crippen molar-refractivity contribution in [3.05, 3.63) is 33.9 Å². The summed E-state index contributed by atoms with van der Waals surface area (Å²) in [4.78, 5) is 13.5. The van der Waals surface area contributed by atoms with Crippen molar-refractivity contribution in [2.45, 2.75) is 25.3 Å². The third-order valence-electron chi connectivity index (χ3n) is 2.96. The molecule has 0 atom stereocenters. The van der Waals surface area contributed by atoms with Crippen LogP contribution in [0.5, 0.6) is 0 Å². The molecule has 0 amide bonds. The maximum Gasteiger partial charge on any atom is 0.283 e. The van der Waals surface area contributed by atoms with E-state index in [4.69, 9.17) is 5.11 Å². The number of hydrogen-bond donors (Lipinski definition) is 1. The molecular weight excluding hydrogens is 264 g/mol. The Kier molecular flexibility index (Phi) is 6.83. The van der Waals surface area contributed by atoms with Crippen LogP contribution in [0.1, 0.15) is 19.4 Å². The molecule has 0 saturated heterocycles. The second-order valence-corrected chi connectivity index (χ2v) is 5.23. The van der Waals surface area contributed by atoms with Gasteiger partial charge in [0.1, 0.15) is 0 Å². The molecule has 0 fully saturated rings. The van der Waals surface area contributed by atoms with Gasteiger partial charge in [-0.1, -0.05) is 19.9 Å². The van der Waals surface area contributed by atoms with Crippen molar-refractivity contribution in [2.24, 2.45) is 0 Å². The first-order chi connectivity index (χ1) is 9.12. The van der Waals surface area contributed by atoms with Crippen molar-refractivity contribution in [2.75, 3.05) is 25.4 Å². The van der Waals surface area contributed by atoms with E-state index >= 15 is 0 Å². The molecule has 0 saturated carbocycles. The van der Waals surface area contributed by atoms with E-state index in [9.17, 15) is 10.1 Å². The zero-order valence-corrected chi connectivity index (χ0v) is 12.2. The number of thioether (sulfide) groups is 1. The smallest absolute Gasteiger partial charge is 0.283 e. The predicted molar refractivity (Wildman–Crippen MR) is 77.5 cm³/mol. The van der Waals surface area contributed by atoms with Gasteiger partial charge in [-0.2, -0.15) is 0 Å². The quantitative estimate of drug-likeness (QED) is 0.451. The van der Waals surface area contributed by atoms with Crippen molar-refractivity contribution in [1.82, 2.24) is 4.90 Å². The standard InChI is InChI=1S/C13H20N2O3S/c1-3-14(4-2)7-8-19-13-6-5-11(10-16)9-12(13)15(17)18/h5-6,9,16H,3-4,7-8,10H2,1-2H3. The number of nitro groups is 1. The number of nitro benzene ring substituents is 1. The third kappa shape index (κ3) is 4.81. The molecule has 0 radical (unpaired) electrons. The van der Waals surface area contributed by atoms with Crippen LogP contribution in [-0.2, 0) is 6.61 Å². The largest absolute Gasteiger partial charge is 0.392 e. The summed E-state index contributed by atoms with van der Waals surface area (Å²) in [5.41, 5.74) is 0.649. The second kappa shape index (κ2) is 8.14. The minimum Gasteiger partial charge on any atom is -0.392 e. The van der Waals surface area contributed by atoms with Crippen molar-refractivity contribution < 1.29 is 10.0 Å². The van der Waals surface area contributed by atoms with E-state index in [2.05, 4.69) is 18.7 Å². The number of aliphatic hydroxyl groups is 1. The molecule has 0 aliphatic heterocycles. The second-order valence-electron chi connectivity index (χ2n) is 4.09. The Labute approximate surface area is 117 Å². The molecule has 1 rings (SSSR count). The van der Waals surface area contributed by atoms with E-state index in [1.54, 1.807) is 12.1 Å². The van der Waals surface area contributed by atoms with Crippen molar-refractivity contribution in [3.63, 3.8) is 0 Å². The summed E-state index contributed by atoms with van der Waals surface area (Å²) in [6.07, 6.45) is 0. The highest BCUT2D eigenvalue weighted by atomic mass is 32.2. The van der Waals surface area contributed by atoms with Crippen molar-refractivity contribution >= 4 is 17.4 Å². The fourth-order valence-electron chi connectivity index (χ4n) is 1.75. The Morgan fingerprint density at radius 2 is 2.05 bits per heavy atom. The van der Waals surface area contributed by atoms with E-state index in [0.717, 1.165) is 25.4 Å². The molecule has 5 nitrogen and oxygen atoms in total. The first-order valence-corrected chi connectivity index (χ1v) is 7.34. The summed E-state index contributed by atoms with van der Waals surface area (Å²) in [6, 6.07) is 4.89. The van der Waals surface area contributed by atoms with E-state index in [-0.39, 0.29) is 17.2 Å². The molecule has 1 aromatic rings. The third-order valence-corrected chi connectivity index (χ3v) is 4.01. The number of hydrogen-bond acceptors (Lipinski definition) is 5. The number of nitrogens with zero attached hydrogens (tertiary/aromatic N) is 2. The maximum atomic E-state index is 11.0. The average molecular weight is 284 g/mol. The fourth-order valence-corrected chi connectivity index (χ4v) is 2.77. The van der Waals surface area contributed by atoms with E-state index in [0.29, 0.717) is 10.5 Å². The minimum absolute atomic E-state index is 0.0797. The first kappa shape index (κ1) is 15.9. The van der Waals surface area contributed by atoms with Crippen LogP contribution in [0.3, 0.4) is 0 Å². The van der Waals surface area contributed by atoms with Crippen molar-refractivity contribution in [3.8, 4) is 0 Å². The molecule has 19 heavy (non-hydrogen) atoms. The highest BCUT2D eigenvalue weighted by Gasteiger charge is 2.15. The fraction of sp³-hybridized carbons (Fsp3) is 0.538. The van der Waals surface area contributed by atoms with Gasteiger partial charge in [0.05, 0.1) is 16.4 Å². The lowest BCUT2D eigenvalue weighted by Crippen LogP contribution is -2.25. The monoisotopic (exact) mass is 284 g/mol. The molecule has 106 valence electrons. The van der Waals surface area contributed by atoms with Gasteiger partial charge in [-0.25, -0.2) is 0 Å². The first-order valence-electron chi connectivity index (χ1n) is 6.35. The van der Waals surface area contributed by atoms with Crippen LogP contribution in [0.25, 0.3) is 0 Å². The molecule has 6 heteroatoms. The summed E-state index contributed by atoms with van der Waals surface area (Å²) in [5, 5.41) is 20.0. The summed E-state index contributed by atoms with van der Waals surface area (Å²) in [6.45, 7) is 6.92. The van der Waals surface area contributed by atoms with Gasteiger partial charge in [0, 0.05) is 18.4 Å². The lowest BCUT2D eigenvalue weighted by atomic mass is 10.2. The van der Waals surface area contributed by atoms with Gasteiger partial charge < -0.3 is 10.0 Å². The van der Waals surface area contributed by atoms with Gasteiger partial charge in [-0.15, -0.1) is 11.8 Å². The maximum absolute atomic E-state index is 11.0. The molecule has 1 aromatic carbocycles. The predicted octanol–water partition coefficient (Wildman–Crippen LogP) is 2.52. The minimum atomic E-state index is -0.390. The molecule has 0 aliphatic carbocycles. The van der Waals surface area contributed by atoms with Crippen LogP contribution >= 0.6 is 11.8 Å². The Balaban J connectivity index is 2.69. The van der Waals surface area contributed by atoms with Gasteiger partial charge in [0.25, 0.3) is 5.69 Å². The lowest BCUT2D eigenvalue weighted by Gasteiger charge is -2.17. The summed E-state index contributed by atoms with van der Waals surface area (Å²) >= 11 is 1.49. The Morgan fingerprint density at radius 3 is 2.58 bits per heavy atom. The SMILES string of the molecule is CCN(CC)CCSc1ccc(CO)cc1[N+](=O)[O-]. The zero-order chi connectivity index (χ0) is 14.3. The Bertz CT molecular complexity index is 422. The van der Waals surface area contributed by atoms with Crippen LogP contribution in [0.15, 0.2) is 23.1 Å².